The van der Waals surface area contributed by atoms with Crippen molar-refractivity contribution in [3.8, 4) is 0 Å². The van der Waals surface area contributed by atoms with E-state index in [9.17, 15) is 17.6 Å². The summed E-state index contributed by atoms with van der Waals surface area (Å²) in [7, 11) is 1.27. The number of halogens is 1. The molecule has 0 aliphatic heterocycles. The first-order valence-electron chi connectivity index (χ1n) is 8.06. The van der Waals surface area contributed by atoms with Gasteiger partial charge in [0.1, 0.15) is 12.4 Å². The van der Waals surface area contributed by atoms with Crippen molar-refractivity contribution in [2.75, 3.05) is 33.0 Å². The zero-order chi connectivity index (χ0) is 19.3. The van der Waals surface area contributed by atoms with Gasteiger partial charge in [0, 0.05) is 25.3 Å². The minimum Gasteiger partial charge on any atom is -0.326 e. The van der Waals surface area contributed by atoms with Gasteiger partial charge in [-0.1, -0.05) is 12.1 Å². The average molecular weight is 380 g/mol. The predicted molar refractivity (Wildman–Crippen MR) is 97.8 cm³/mol. The summed E-state index contributed by atoms with van der Waals surface area (Å²) in [4.78, 5) is 13.2. The molecule has 0 spiro atoms. The Morgan fingerprint density at radius 1 is 1.15 bits per heavy atom. The summed E-state index contributed by atoms with van der Waals surface area (Å²) >= 11 is 0. The van der Waals surface area contributed by atoms with Crippen molar-refractivity contribution < 1.29 is 22.5 Å². The smallest absolute Gasteiger partial charge is 0.279 e. The van der Waals surface area contributed by atoms with Crippen LogP contribution in [-0.2, 0) is 21.4 Å². The van der Waals surface area contributed by atoms with Gasteiger partial charge < -0.3 is 10.2 Å². The number of hydrogen-bond donors (Lipinski definition) is 2. The van der Waals surface area contributed by atoms with Crippen LogP contribution >= 0.6 is 0 Å². The number of nitrogens with one attached hydrogen (secondary N) is 2. The molecule has 0 saturated heterocycles. The van der Waals surface area contributed by atoms with E-state index in [1.165, 1.54) is 38.4 Å². The SMILES string of the molecule is CN(C)S(=O)(=O)c1ccc(NC(=O)C[NH+](C)Cc2cccc(F)c2)cc1. The van der Waals surface area contributed by atoms with E-state index in [0.717, 1.165) is 14.8 Å². The largest absolute Gasteiger partial charge is 0.326 e. The highest BCUT2D eigenvalue weighted by atomic mass is 32.2. The third-order valence-electron chi connectivity index (χ3n) is 3.77. The van der Waals surface area contributed by atoms with Crippen LogP contribution in [0.2, 0.25) is 0 Å². The lowest BCUT2D eigenvalue weighted by Crippen LogP contribution is -3.08. The highest BCUT2D eigenvalue weighted by Crippen LogP contribution is 2.16. The second kappa shape index (κ2) is 8.39. The number of carbonyl (C=O) groups is 1. The fraction of sp³-hybridized carbons (Fsp3) is 0.278. The molecule has 1 amide bonds. The van der Waals surface area contributed by atoms with Crippen molar-refractivity contribution >= 4 is 21.6 Å². The Morgan fingerprint density at radius 3 is 2.38 bits per heavy atom. The summed E-state index contributed by atoms with van der Waals surface area (Å²) in [5.41, 5.74) is 1.33. The number of sulfonamides is 1. The highest BCUT2D eigenvalue weighted by molar-refractivity contribution is 7.89. The molecule has 0 radical (unpaired) electrons. The molecule has 26 heavy (non-hydrogen) atoms. The van der Waals surface area contributed by atoms with Gasteiger partial charge >= 0.3 is 0 Å². The van der Waals surface area contributed by atoms with Crippen LogP contribution in [-0.4, -0.2) is 46.3 Å². The number of rotatable bonds is 7. The van der Waals surface area contributed by atoms with Gasteiger partial charge in [0.25, 0.3) is 5.91 Å². The second-order valence-electron chi connectivity index (χ2n) is 6.30. The molecular weight excluding hydrogens is 357 g/mol. The summed E-state index contributed by atoms with van der Waals surface area (Å²) in [6.45, 7) is 0.722. The Balaban J connectivity index is 1.93. The predicted octanol–water partition coefficient (Wildman–Crippen LogP) is 0.729. The first kappa shape index (κ1) is 20.0. The van der Waals surface area contributed by atoms with E-state index in [1.807, 2.05) is 13.1 Å². The standard InChI is InChI=1S/C18H22FN3O3S/c1-21(2)26(24,25)17-9-7-16(8-10-17)20-18(23)13-22(3)12-14-5-4-6-15(19)11-14/h4-11H,12-13H2,1-3H3,(H,20,23)/p+1. The molecule has 2 aromatic rings. The van der Waals surface area contributed by atoms with Crippen molar-refractivity contribution in [2.45, 2.75) is 11.4 Å². The maximum atomic E-state index is 13.2. The van der Waals surface area contributed by atoms with Gasteiger partial charge in [0.15, 0.2) is 6.54 Å². The van der Waals surface area contributed by atoms with Crippen LogP contribution in [0.5, 0.6) is 0 Å². The van der Waals surface area contributed by atoms with E-state index in [1.54, 1.807) is 18.2 Å². The number of amides is 1. The van der Waals surface area contributed by atoms with E-state index >= 15 is 0 Å². The number of anilines is 1. The van der Waals surface area contributed by atoms with Crippen LogP contribution in [0, 0.1) is 5.82 Å². The molecule has 6 nitrogen and oxygen atoms in total. The van der Waals surface area contributed by atoms with Crippen molar-refractivity contribution in [1.29, 1.82) is 0 Å². The molecule has 0 aliphatic carbocycles. The lowest BCUT2D eigenvalue weighted by atomic mass is 10.2. The number of quaternary nitrogens is 1. The Morgan fingerprint density at radius 2 is 1.81 bits per heavy atom. The molecule has 0 aliphatic rings. The zero-order valence-corrected chi connectivity index (χ0v) is 15.8. The minimum atomic E-state index is -3.49. The summed E-state index contributed by atoms with van der Waals surface area (Å²) < 4.78 is 38.4. The van der Waals surface area contributed by atoms with Crippen molar-refractivity contribution in [1.82, 2.24) is 4.31 Å². The fourth-order valence-corrected chi connectivity index (χ4v) is 3.36. The molecule has 0 aromatic heterocycles. The molecule has 0 fully saturated rings. The number of carbonyl (C=O) groups excluding carboxylic acids is 1. The molecular formula is C18H23FN3O3S+. The topological polar surface area (TPSA) is 70.9 Å². The van der Waals surface area contributed by atoms with Gasteiger partial charge in [-0.3, -0.25) is 4.79 Å². The highest BCUT2D eigenvalue weighted by Gasteiger charge is 2.17. The lowest BCUT2D eigenvalue weighted by molar-refractivity contribution is -0.885. The first-order chi connectivity index (χ1) is 12.2. The third-order valence-corrected chi connectivity index (χ3v) is 5.60. The molecule has 8 heteroatoms. The summed E-state index contributed by atoms with van der Waals surface area (Å²) in [5, 5.41) is 2.74. The summed E-state index contributed by atoms with van der Waals surface area (Å²) in [6, 6.07) is 12.3. The minimum absolute atomic E-state index is 0.161. The maximum Gasteiger partial charge on any atom is 0.279 e. The van der Waals surface area contributed by atoms with Crippen LogP contribution in [0.3, 0.4) is 0 Å². The quantitative estimate of drug-likeness (QED) is 0.744. The molecule has 0 saturated carbocycles. The normalized spacial score (nSPS) is 12.8. The number of benzene rings is 2. The van der Waals surface area contributed by atoms with Gasteiger partial charge in [0.2, 0.25) is 10.0 Å². The maximum absolute atomic E-state index is 13.2. The first-order valence-corrected chi connectivity index (χ1v) is 9.50. The van der Waals surface area contributed by atoms with Gasteiger partial charge in [-0.15, -0.1) is 0 Å². The van der Waals surface area contributed by atoms with Crippen molar-refractivity contribution in [2.24, 2.45) is 0 Å². The third kappa shape index (κ3) is 5.35. The van der Waals surface area contributed by atoms with Crippen LogP contribution < -0.4 is 10.2 Å². The Hall–Kier alpha value is -2.29. The van der Waals surface area contributed by atoms with Crippen LogP contribution in [0.25, 0.3) is 0 Å². The van der Waals surface area contributed by atoms with Crippen LogP contribution in [0.1, 0.15) is 5.56 Å². The Labute approximate surface area is 153 Å². The Bertz CT molecular complexity index is 868. The molecule has 2 aromatic carbocycles. The molecule has 140 valence electrons. The number of likely N-dealkylation sites (N-methyl/N-ethyl adjacent to an activating group) is 1. The molecule has 0 bridgehead atoms. The van der Waals surface area contributed by atoms with E-state index in [0.29, 0.717) is 12.2 Å². The summed E-state index contributed by atoms with van der Waals surface area (Å²) in [5.74, 6) is -0.505. The van der Waals surface area contributed by atoms with Gasteiger partial charge in [-0.25, -0.2) is 17.1 Å². The molecule has 2 N–H and O–H groups in total. The average Bonchev–Trinajstić information content (AvgIpc) is 2.54. The van der Waals surface area contributed by atoms with Crippen LogP contribution in [0.4, 0.5) is 10.1 Å². The van der Waals surface area contributed by atoms with Gasteiger partial charge in [0.05, 0.1) is 11.9 Å². The van der Waals surface area contributed by atoms with Gasteiger partial charge in [-0.05, 0) is 36.4 Å². The van der Waals surface area contributed by atoms with Crippen molar-refractivity contribution in [3.05, 3.63) is 59.9 Å². The molecule has 0 heterocycles. The van der Waals surface area contributed by atoms with E-state index in [4.69, 9.17) is 0 Å². The second-order valence-corrected chi connectivity index (χ2v) is 8.45. The van der Waals surface area contributed by atoms with Crippen LogP contribution in [0.15, 0.2) is 53.4 Å². The van der Waals surface area contributed by atoms with E-state index < -0.39 is 10.0 Å². The van der Waals surface area contributed by atoms with E-state index in [-0.39, 0.29) is 23.2 Å². The Kier molecular flexibility index (Phi) is 6.47. The van der Waals surface area contributed by atoms with E-state index in [2.05, 4.69) is 5.32 Å². The molecule has 1 atom stereocenters. The lowest BCUT2D eigenvalue weighted by Gasteiger charge is -2.14. The summed E-state index contributed by atoms with van der Waals surface area (Å²) in [6.07, 6.45) is 0. The number of nitrogens with zero attached hydrogens (tertiary/aromatic N) is 1. The monoisotopic (exact) mass is 380 g/mol. The van der Waals surface area contributed by atoms with Crippen molar-refractivity contribution in [3.63, 3.8) is 0 Å². The van der Waals surface area contributed by atoms with Gasteiger partial charge in [-0.2, -0.15) is 0 Å². The zero-order valence-electron chi connectivity index (χ0n) is 15.0. The molecule has 1 unspecified atom stereocenters. The number of hydrogen-bond acceptors (Lipinski definition) is 3. The fourth-order valence-electron chi connectivity index (χ4n) is 2.46. The molecule has 2 rings (SSSR count).